The van der Waals surface area contributed by atoms with Crippen molar-refractivity contribution in [2.24, 2.45) is 11.5 Å². The number of nitrogens with two attached hydrogens (primary N) is 2. The summed E-state index contributed by atoms with van der Waals surface area (Å²) in [5.74, 6) is -4.56. The highest BCUT2D eigenvalue weighted by Gasteiger charge is 2.32. The van der Waals surface area contributed by atoms with Crippen molar-refractivity contribution in [2.75, 3.05) is 0 Å². The summed E-state index contributed by atoms with van der Waals surface area (Å²) in [7, 11) is 0. The van der Waals surface area contributed by atoms with Gasteiger partial charge in [-0.25, -0.2) is 9.78 Å². The molecule has 4 atom stereocenters. The zero-order valence-electron chi connectivity index (χ0n) is 23.7. The van der Waals surface area contributed by atoms with E-state index in [4.69, 9.17) is 11.5 Å². The Bertz CT molecular complexity index is 1600. The molecule has 4 rings (SSSR count). The Hall–Kier alpha value is -5.50. The third-order valence-corrected chi connectivity index (χ3v) is 7.00. The van der Waals surface area contributed by atoms with Crippen LogP contribution in [0.1, 0.15) is 23.2 Å². The van der Waals surface area contributed by atoms with E-state index in [1.807, 2.05) is 18.2 Å². The van der Waals surface area contributed by atoms with Gasteiger partial charge in [0.2, 0.25) is 23.6 Å². The van der Waals surface area contributed by atoms with Crippen LogP contribution in [0.3, 0.4) is 0 Å². The maximum absolute atomic E-state index is 13.5. The monoisotopic (exact) mass is 602 g/mol. The van der Waals surface area contributed by atoms with Crippen molar-refractivity contribution in [1.82, 2.24) is 30.9 Å². The van der Waals surface area contributed by atoms with Crippen LogP contribution in [0.5, 0.6) is 0 Å². The molecule has 0 radical (unpaired) electrons. The number of amides is 4. The number of H-pyrrole nitrogens is 2. The van der Waals surface area contributed by atoms with Crippen LogP contribution in [0.15, 0.2) is 73.3 Å². The van der Waals surface area contributed by atoms with Gasteiger partial charge in [-0.3, -0.25) is 19.2 Å². The molecule has 2 aromatic heterocycles. The summed E-state index contributed by atoms with van der Waals surface area (Å²) in [6, 6.07) is 11.0. The second-order valence-corrected chi connectivity index (χ2v) is 10.3. The van der Waals surface area contributed by atoms with E-state index in [2.05, 4.69) is 30.9 Å². The third kappa shape index (κ3) is 8.51. The fourth-order valence-corrected chi connectivity index (χ4v) is 4.74. The van der Waals surface area contributed by atoms with E-state index >= 15 is 0 Å². The molecule has 14 nitrogen and oxygen atoms in total. The minimum atomic E-state index is -1.52. The van der Waals surface area contributed by atoms with E-state index in [-0.39, 0.29) is 19.3 Å². The van der Waals surface area contributed by atoms with E-state index < -0.39 is 60.2 Å². The molecule has 10 N–H and O–H groups in total. The molecule has 0 spiro atoms. The lowest BCUT2D eigenvalue weighted by Crippen LogP contribution is -2.58. The number of fused-ring (bicyclic) bond motifs is 1. The average Bonchev–Trinajstić information content (AvgIpc) is 3.66. The van der Waals surface area contributed by atoms with Crippen LogP contribution >= 0.6 is 0 Å². The zero-order valence-corrected chi connectivity index (χ0v) is 23.7. The molecule has 0 aliphatic rings. The molecule has 0 saturated heterocycles. The Kier molecular flexibility index (Phi) is 10.4. The Morgan fingerprint density at radius 2 is 1.45 bits per heavy atom. The summed E-state index contributed by atoms with van der Waals surface area (Å²) in [5.41, 5.74) is 14.2. The molecule has 4 amide bonds. The van der Waals surface area contributed by atoms with Gasteiger partial charge in [0.15, 0.2) is 0 Å². The van der Waals surface area contributed by atoms with Gasteiger partial charge in [0, 0.05) is 48.3 Å². The molecular formula is C30H34N8O6. The maximum Gasteiger partial charge on any atom is 0.326 e. The van der Waals surface area contributed by atoms with Crippen molar-refractivity contribution in [3.8, 4) is 0 Å². The Morgan fingerprint density at radius 1 is 0.795 bits per heavy atom. The normalized spacial score (nSPS) is 13.8. The summed E-state index contributed by atoms with van der Waals surface area (Å²) in [6.45, 7) is 0. The molecule has 14 heteroatoms. The number of benzene rings is 2. The Balaban J connectivity index is 1.49. The van der Waals surface area contributed by atoms with Gasteiger partial charge in [-0.15, -0.1) is 0 Å². The lowest BCUT2D eigenvalue weighted by molar-refractivity contribution is -0.142. The first-order valence-corrected chi connectivity index (χ1v) is 13.8. The number of carboxylic acid groups (broad SMARTS) is 1. The maximum atomic E-state index is 13.5. The lowest BCUT2D eigenvalue weighted by Gasteiger charge is -2.25. The van der Waals surface area contributed by atoms with Crippen molar-refractivity contribution in [3.63, 3.8) is 0 Å². The van der Waals surface area contributed by atoms with Gasteiger partial charge in [0.05, 0.1) is 18.8 Å². The fraction of sp³-hybridized carbons (Fsp3) is 0.267. The van der Waals surface area contributed by atoms with Crippen molar-refractivity contribution in [2.45, 2.75) is 49.9 Å². The second-order valence-electron chi connectivity index (χ2n) is 10.3. The van der Waals surface area contributed by atoms with Crippen LogP contribution < -0.4 is 27.4 Å². The van der Waals surface area contributed by atoms with Gasteiger partial charge in [-0.1, -0.05) is 48.5 Å². The summed E-state index contributed by atoms with van der Waals surface area (Å²) in [5, 5.41) is 18.2. The minimum Gasteiger partial charge on any atom is -0.480 e. The molecule has 0 aliphatic carbocycles. The number of carboxylic acids is 1. The summed E-state index contributed by atoms with van der Waals surface area (Å²) in [6.07, 6.45) is 4.13. The van der Waals surface area contributed by atoms with Crippen molar-refractivity contribution >= 4 is 40.5 Å². The van der Waals surface area contributed by atoms with Crippen LogP contribution in [-0.2, 0) is 43.2 Å². The number of primary amides is 1. The number of aliphatic carboxylic acids is 1. The number of rotatable bonds is 15. The number of hydrogen-bond acceptors (Lipinski definition) is 7. The number of carbonyl (C=O) groups excluding carboxylic acids is 4. The highest BCUT2D eigenvalue weighted by Crippen LogP contribution is 2.19. The lowest BCUT2D eigenvalue weighted by atomic mass is 10.0. The molecular weight excluding hydrogens is 568 g/mol. The van der Waals surface area contributed by atoms with E-state index in [9.17, 15) is 29.1 Å². The predicted octanol–water partition coefficient (Wildman–Crippen LogP) is -0.339. The number of aromatic amines is 2. The van der Waals surface area contributed by atoms with Crippen molar-refractivity contribution in [1.29, 1.82) is 0 Å². The quantitative estimate of drug-likeness (QED) is 0.0893. The van der Waals surface area contributed by atoms with E-state index in [0.29, 0.717) is 16.8 Å². The Morgan fingerprint density at radius 3 is 2.14 bits per heavy atom. The predicted molar refractivity (Wildman–Crippen MR) is 160 cm³/mol. The molecule has 0 fully saturated rings. The second kappa shape index (κ2) is 14.6. The zero-order chi connectivity index (χ0) is 31.6. The number of imidazole rings is 1. The van der Waals surface area contributed by atoms with Crippen LogP contribution in [0.25, 0.3) is 10.9 Å². The van der Waals surface area contributed by atoms with Gasteiger partial charge < -0.3 is 42.5 Å². The van der Waals surface area contributed by atoms with E-state index in [0.717, 1.165) is 10.9 Å². The summed E-state index contributed by atoms with van der Waals surface area (Å²) >= 11 is 0. The highest BCUT2D eigenvalue weighted by molar-refractivity contribution is 5.96. The molecule has 0 aliphatic heterocycles. The smallest absolute Gasteiger partial charge is 0.326 e. The number of aromatic nitrogens is 3. The van der Waals surface area contributed by atoms with Gasteiger partial charge in [0.25, 0.3) is 0 Å². The summed E-state index contributed by atoms with van der Waals surface area (Å²) in [4.78, 5) is 73.6. The molecule has 2 heterocycles. The number of hydrogen-bond donors (Lipinski definition) is 8. The van der Waals surface area contributed by atoms with Crippen LogP contribution in [0, 0.1) is 0 Å². The topological polar surface area (TPSA) is 238 Å². The third-order valence-electron chi connectivity index (χ3n) is 7.00. The molecule has 2 aromatic carbocycles. The van der Waals surface area contributed by atoms with Crippen LogP contribution in [-0.4, -0.2) is 73.8 Å². The molecule has 4 aromatic rings. The fourth-order valence-electron chi connectivity index (χ4n) is 4.74. The van der Waals surface area contributed by atoms with Crippen molar-refractivity contribution < 1.29 is 29.1 Å². The molecule has 4 unspecified atom stereocenters. The molecule has 0 saturated carbocycles. The molecule has 0 bridgehead atoms. The van der Waals surface area contributed by atoms with Gasteiger partial charge in [-0.05, 0) is 17.2 Å². The average molecular weight is 603 g/mol. The van der Waals surface area contributed by atoms with E-state index in [1.165, 1.54) is 12.5 Å². The number of nitrogens with one attached hydrogen (secondary N) is 5. The molecule has 44 heavy (non-hydrogen) atoms. The highest BCUT2D eigenvalue weighted by atomic mass is 16.4. The van der Waals surface area contributed by atoms with Crippen molar-refractivity contribution in [3.05, 3.63) is 90.1 Å². The van der Waals surface area contributed by atoms with Gasteiger partial charge in [-0.2, -0.15) is 0 Å². The number of nitrogens with zero attached hydrogens (tertiary/aromatic N) is 1. The van der Waals surface area contributed by atoms with Crippen LogP contribution in [0.4, 0.5) is 0 Å². The van der Waals surface area contributed by atoms with Gasteiger partial charge in [0.1, 0.15) is 18.1 Å². The summed E-state index contributed by atoms with van der Waals surface area (Å²) < 4.78 is 0. The van der Waals surface area contributed by atoms with E-state index in [1.54, 1.807) is 42.6 Å². The standard InChI is InChI=1S/C30H34N8O6/c31-21(12-19-15-33-16-35-19)27(40)36-23(10-17-6-2-1-3-7-17)28(41)37-24(13-26(32)39)29(42)38-25(30(43)44)11-18-14-34-22-9-5-4-8-20(18)22/h1-9,14-16,21,23-25,34H,10-13,31H2,(H2,32,39)(H,33,35)(H,36,40)(H,37,41)(H,38,42)(H,43,44). The SMILES string of the molecule is NC(=O)CC(NC(=O)C(Cc1ccccc1)NC(=O)C(N)Cc1cnc[nH]1)C(=O)NC(Cc1c[nH]c2ccccc12)C(=O)O. The Labute approximate surface area is 252 Å². The first-order valence-electron chi connectivity index (χ1n) is 13.8. The number of carbonyl (C=O) groups is 5. The molecule has 230 valence electrons. The minimum absolute atomic E-state index is 0.0401. The first kappa shape index (κ1) is 31.4. The van der Waals surface area contributed by atoms with Crippen LogP contribution in [0.2, 0.25) is 0 Å². The first-order chi connectivity index (χ1) is 21.1. The number of para-hydroxylation sites is 1. The van der Waals surface area contributed by atoms with Gasteiger partial charge >= 0.3 is 5.97 Å². The largest absolute Gasteiger partial charge is 0.480 e.